The third-order valence-electron chi connectivity index (χ3n) is 3.56. The molecule has 0 saturated carbocycles. The zero-order chi connectivity index (χ0) is 18.2. The van der Waals surface area contributed by atoms with Crippen molar-refractivity contribution in [3.63, 3.8) is 0 Å². The fraction of sp³-hybridized carbons (Fsp3) is 0.267. The summed E-state index contributed by atoms with van der Waals surface area (Å²) >= 11 is 5.15. The Morgan fingerprint density at radius 3 is 2.48 bits per heavy atom. The summed E-state index contributed by atoms with van der Waals surface area (Å²) in [6, 6.07) is 5.52. The number of alkyl halides is 3. The standard InChI is InChI=1S/C15H12F3N3O3S/c16-15(17,18)7-24-9-3-1-8(2-4-9)21-13(23)10-5-6-11(22)19-12(10)20-14(21)25/h1-4H,5-7H2,(H,19,22)(H,20,25). The van der Waals surface area contributed by atoms with Crippen molar-refractivity contribution in [1.29, 1.82) is 0 Å². The van der Waals surface area contributed by atoms with Crippen LogP contribution in [-0.2, 0) is 11.2 Å². The van der Waals surface area contributed by atoms with Gasteiger partial charge in [-0.1, -0.05) is 0 Å². The van der Waals surface area contributed by atoms with Crippen LogP contribution in [0.3, 0.4) is 0 Å². The van der Waals surface area contributed by atoms with Crippen LogP contribution in [0.25, 0.3) is 5.69 Å². The number of fused-ring (bicyclic) bond motifs is 1. The van der Waals surface area contributed by atoms with Crippen molar-refractivity contribution in [2.75, 3.05) is 11.9 Å². The minimum atomic E-state index is -4.43. The Hall–Kier alpha value is -2.62. The van der Waals surface area contributed by atoms with Gasteiger partial charge in [0, 0.05) is 6.42 Å². The van der Waals surface area contributed by atoms with Gasteiger partial charge in [0.15, 0.2) is 11.4 Å². The van der Waals surface area contributed by atoms with Gasteiger partial charge < -0.3 is 15.0 Å². The highest BCUT2D eigenvalue weighted by molar-refractivity contribution is 7.71. The summed E-state index contributed by atoms with van der Waals surface area (Å²) in [6.45, 7) is -1.40. The van der Waals surface area contributed by atoms with Crippen molar-refractivity contribution in [2.24, 2.45) is 0 Å². The van der Waals surface area contributed by atoms with Gasteiger partial charge in [-0.3, -0.25) is 14.2 Å². The highest BCUT2D eigenvalue weighted by atomic mass is 32.1. The van der Waals surface area contributed by atoms with Crippen molar-refractivity contribution in [1.82, 2.24) is 9.55 Å². The molecule has 1 aliphatic heterocycles. The van der Waals surface area contributed by atoms with Gasteiger partial charge in [-0.25, -0.2) is 0 Å². The highest BCUT2D eigenvalue weighted by Gasteiger charge is 2.28. The van der Waals surface area contributed by atoms with Gasteiger partial charge in [-0.15, -0.1) is 0 Å². The number of hydrogen-bond acceptors (Lipinski definition) is 4. The molecule has 1 aliphatic rings. The molecule has 0 unspecified atom stereocenters. The summed E-state index contributed by atoms with van der Waals surface area (Å²) in [5.41, 5.74) is 0.388. The molecule has 2 aromatic rings. The minimum absolute atomic E-state index is 0.0224. The van der Waals surface area contributed by atoms with E-state index in [0.29, 0.717) is 11.3 Å². The smallest absolute Gasteiger partial charge is 0.422 e. The molecule has 2 N–H and O–H groups in total. The third-order valence-corrected chi connectivity index (χ3v) is 3.85. The lowest BCUT2D eigenvalue weighted by molar-refractivity contribution is -0.153. The third kappa shape index (κ3) is 3.73. The lowest BCUT2D eigenvalue weighted by Crippen LogP contribution is -2.31. The number of amides is 1. The molecule has 132 valence electrons. The predicted molar refractivity (Wildman–Crippen MR) is 85.7 cm³/mol. The topological polar surface area (TPSA) is 76.1 Å². The molecule has 0 bridgehead atoms. The Labute approximate surface area is 144 Å². The number of benzene rings is 1. The van der Waals surface area contributed by atoms with E-state index in [4.69, 9.17) is 12.2 Å². The number of hydrogen-bond donors (Lipinski definition) is 2. The Kier molecular flexibility index (Phi) is 4.38. The number of aromatic nitrogens is 2. The van der Waals surface area contributed by atoms with Crippen molar-refractivity contribution >= 4 is 23.9 Å². The summed E-state index contributed by atoms with van der Waals surface area (Å²) in [4.78, 5) is 26.8. The van der Waals surface area contributed by atoms with Crippen LogP contribution < -0.4 is 15.6 Å². The lowest BCUT2D eigenvalue weighted by Gasteiger charge is -2.18. The predicted octanol–water partition coefficient (Wildman–Crippen LogP) is 2.72. The van der Waals surface area contributed by atoms with Crippen molar-refractivity contribution in [3.05, 3.63) is 45.0 Å². The summed E-state index contributed by atoms with van der Waals surface area (Å²) in [5.74, 6) is 0.100. The molecular weight excluding hydrogens is 359 g/mol. The summed E-state index contributed by atoms with van der Waals surface area (Å²) < 4.78 is 42.4. The number of nitrogens with zero attached hydrogens (tertiary/aromatic N) is 1. The number of nitrogens with one attached hydrogen (secondary N) is 2. The molecule has 0 saturated heterocycles. The Morgan fingerprint density at radius 1 is 1.16 bits per heavy atom. The zero-order valence-electron chi connectivity index (χ0n) is 12.6. The number of carbonyl (C=O) groups excluding carboxylic acids is 1. The molecule has 1 amide bonds. The van der Waals surface area contributed by atoms with Crippen LogP contribution >= 0.6 is 12.2 Å². The van der Waals surface area contributed by atoms with Crippen molar-refractivity contribution in [2.45, 2.75) is 19.0 Å². The fourth-order valence-electron chi connectivity index (χ4n) is 2.44. The number of carbonyl (C=O) groups is 1. The van der Waals surface area contributed by atoms with Crippen molar-refractivity contribution < 1.29 is 22.7 Å². The number of H-pyrrole nitrogens is 1. The average Bonchev–Trinajstić information content (AvgIpc) is 2.53. The molecular formula is C15H12F3N3O3S. The van der Waals surface area contributed by atoms with E-state index in [1.54, 1.807) is 0 Å². The van der Waals surface area contributed by atoms with E-state index in [-0.39, 0.29) is 40.6 Å². The average molecular weight is 371 g/mol. The molecule has 0 radical (unpaired) electrons. The number of ether oxygens (including phenoxy) is 1. The van der Waals surface area contributed by atoms with E-state index in [9.17, 15) is 22.8 Å². The van der Waals surface area contributed by atoms with Crippen LogP contribution in [0.2, 0.25) is 0 Å². The monoisotopic (exact) mass is 371 g/mol. The Bertz CT molecular complexity index is 932. The fourth-order valence-corrected chi connectivity index (χ4v) is 2.73. The van der Waals surface area contributed by atoms with Crippen LogP contribution in [0.15, 0.2) is 29.1 Å². The maximum absolute atomic E-state index is 12.6. The van der Waals surface area contributed by atoms with Crippen molar-refractivity contribution in [3.8, 4) is 11.4 Å². The van der Waals surface area contributed by atoms with Gasteiger partial charge in [0.25, 0.3) is 5.56 Å². The summed E-state index contributed by atoms with van der Waals surface area (Å²) in [5, 5.41) is 2.56. The second kappa shape index (κ2) is 6.36. The largest absolute Gasteiger partial charge is 0.484 e. The van der Waals surface area contributed by atoms with Crippen LogP contribution in [0, 0.1) is 4.77 Å². The Balaban J connectivity index is 1.93. The second-order valence-corrected chi connectivity index (χ2v) is 5.76. The molecule has 10 heteroatoms. The molecule has 3 rings (SSSR count). The van der Waals surface area contributed by atoms with E-state index < -0.39 is 12.8 Å². The summed E-state index contributed by atoms with van der Waals surface area (Å²) in [7, 11) is 0. The van der Waals surface area contributed by atoms with Crippen LogP contribution in [-0.4, -0.2) is 28.2 Å². The van der Waals surface area contributed by atoms with Gasteiger partial charge in [-0.2, -0.15) is 13.2 Å². The van der Waals surface area contributed by atoms with Gasteiger partial charge in [-0.05, 0) is 42.9 Å². The summed E-state index contributed by atoms with van der Waals surface area (Å²) in [6.07, 6.45) is -3.96. The first-order valence-electron chi connectivity index (χ1n) is 7.22. The molecule has 0 atom stereocenters. The van der Waals surface area contributed by atoms with Gasteiger partial charge >= 0.3 is 6.18 Å². The van der Waals surface area contributed by atoms with E-state index in [1.165, 1.54) is 28.8 Å². The van der Waals surface area contributed by atoms with E-state index in [2.05, 4.69) is 15.0 Å². The number of halogens is 3. The first kappa shape index (κ1) is 17.2. The first-order chi connectivity index (χ1) is 11.7. The normalized spacial score (nSPS) is 14.0. The zero-order valence-corrected chi connectivity index (χ0v) is 13.5. The maximum Gasteiger partial charge on any atom is 0.422 e. The molecule has 0 fully saturated rings. The van der Waals surface area contributed by atoms with Gasteiger partial charge in [0.1, 0.15) is 11.6 Å². The molecule has 2 heterocycles. The molecule has 0 aliphatic carbocycles. The number of anilines is 1. The SMILES string of the molecule is O=C1CCc2c([nH]c(=S)n(-c3ccc(OCC(F)(F)F)cc3)c2=O)N1. The molecule has 25 heavy (non-hydrogen) atoms. The second-order valence-electron chi connectivity index (χ2n) is 5.37. The Morgan fingerprint density at radius 2 is 1.84 bits per heavy atom. The maximum atomic E-state index is 12.6. The minimum Gasteiger partial charge on any atom is -0.484 e. The van der Waals surface area contributed by atoms with Crippen LogP contribution in [0.5, 0.6) is 5.75 Å². The molecule has 0 spiro atoms. The van der Waals surface area contributed by atoms with E-state index in [0.717, 1.165) is 0 Å². The lowest BCUT2D eigenvalue weighted by atomic mass is 10.1. The highest BCUT2D eigenvalue weighted by Crippen LogP contribution is 2.21. The molecule has 1 aromatic heterocycles. The van der Waals surface area contributed by atoms with Gasteiger partial charge in [0.2, 0.25) is 5.91 Å². The first-order valence-corrected chi connectivity index (χ1v) is 7.63. The van der Waals surface area contributed by atoms with Crippen LogP contribution in [0.4, 0.5) is 19.0 Å². The van der Waals surface area contributed by atoms with Crippen LogP contribution in [0.1, 0.15) is 12.0 Å². The quantitative estimate of drug-likeness (QED) is 0.814. The van der Waals surface area contributed by atoms with E-state index >= 15 is 0 Å². The van der Waals surface area contributed by atoms with E-state index in [1.807, 2.05) is 0 Å². The molecule has 6 nitrogen and oxygen atoms in total. The molecule has 1 aromatic carbocycles. The van der Waals surface area contributed by atoms with Gasteiger partial charge in [0.05, 0.1) is 11.3 Å². The number of rotatable bonds is 3. The number of aromatic amines is 1.